The van der Waals surface area contributed by atoms with Crippen molar-refractivity contribution >= 4 is 11.6 Å². The number of halogens is 2. The Morgan fingerprint density at radius 1 is 1.30 bits per heavy atom. The quantitative estimate of drug-likeness (QED) is 0.715. The molecule has 142 valence electrons. The molecule has 1 aromatic carbocycles. The van der Waals surface area contributed by atoms with Crippen LogP contribution in [0.5, 0.6) is 0 Å². The fourth-order valence-corrected chi connectivity index (χ4v) is 2.78. The third-order valence-corrected chi connectivity index (χ3v) is 4.23. The van der Waals surface area contributed by atoms with Crippen LogP contribution in [0.1, 0.15) is 33.9 Å². The van der Waals surface area contributed by atoms with Crippen molar-refractivity contribution in [2.45, 2.75) is 19.9 Å². The van der Waals surface area contributed by atoms with Crippen LogP contribution in [0, 0.1) is 6.92 Å². The lowest BCUT2D eigenvalue weighted by atomic mass is 10.1. The number of amides is 1. The van der Waals surface area contributed by atoms with Gasteiger partial charge in [-0.05, 0) is 19.1 Å². The second kappa shape index (κ2) is 7.18. The summed E-state index contributed by atoms with van der Waals surface area (Å²) >= 11 is 0. The Bertz CT molecular complexity index is 961. The summed E-state index contributed by atoms with van der Waals surface area (Å²) in [4.78, 5) is 13.5. The van der Waals surface area contributed by atoms with Crippen molar-refractivity contribution in [3.63, 3.8) is 0 Å². The number of primary amides is 1. The monoisotopic (exact) mass is 375 g/mol. The third kappa shape index (κ3) is 3.67. The summed E-state index contributed by atoms with van der Waals surface area (Å²) in [7, 11) is 3.90. The molecule has 0 spiro atoms. The fourth-order valence-electron chi connectivity index (χ4n) is 2.78. The molecule has 0 bridgehead atoms. The van der Waals surface area contributed by atoms with Crippen LogP contribution in [0.2, 0.25) is 0 Å². The van der Waals surface area contributed by atoms with Gasteiger partial charge in [0.05, 0.1) is 5.56 Å². The summed E-state index contributed by atoms with van der Waals surface area (Å²) in [6.45, 7) is 1.57. The minimum Gasteiger partial charge on any atom is -0.378 e. The first-order valence-electron chi connectivity index (χ1n) is 8.16. The SMILES string of the molecule is Cc1c(C(N)=O)c(C(F)F)nn1Cc1cc(-c2ccc(N(C)C)cc2)no1. The number of nitrogens with two attached hydrogens (primary N) is 1. The van der Waals surface area contributed by atoms with Gasteiger partial charge in [0.25, 0.3) is 12.3 Å². The molecular weight excluding hydrogens is 356 g/mol. The van der Waals surface area contributed by atoms with E-state index in [1.807, 2.05) is 43.3 Å². The Morgan fingerprint density at radius 2 is 1.96 bits per heavy atom. The van der Waals surface area contributed by atoms with Crippen LogP contribution in [0.25, 0.3) is 11.3 Å². The van der Waals surface area contributed by atoms with E-state index in [9.17, 15) is 13.6 Å². The van der Waals surface area contributed by atoms with Crippen LogP contribution in [0.4, 0.5) is 14.5 Å². The maximum Gasteiger partial charge on any atom is 0.282 e. The van der Waals surface area contributed by atoms with Crippen LogP contribution in [-0.4, -0.2) is 34.9 Å². The fraction of sp³-hybridized carbons (Fsp3) is 0.278. The van der Waals surface area contributed by atoms with Crippen molar-refractivity contribution in [2.75, 3.05) is 19.0 Å². The molecule has 0 saturated heterocycles. The molecule has 27 heavy (non-hydrogen) atoms. The van der Waals surface area contributed by atoms with E-state index in [2.05, 4.69) is 10.3 Å². The van der Waals surface area contributed by atoms with Crippen LogP contribution in [-0.2, 0) is 6.54 Å². The Labute approximate surface area is 154 Å². The molecule has 7 nitrogen and oxygen atoms in total. The van der Waals surface area contributed by atoms with Gasteiger partial charge in [-0.1, -0.05) is 17.3 Å². The lowest BCUT2D eigenvalue weighted by Crippen LogP contribution is -2.14. The molecule has 1 amide bonds. The van der Waals surface area contributed by atoms with Crippen LogP contribution in [0.3, 0.4) is 0 Å². The topological polar surface area (TPSA) is 90.2 Å². The Kier molecular flexibility index (Phi) is 4.93. The maximum absolute atomic E-state index is 13.1. The van der Waals surface area contributed by atoms with Crippen molar-refractivity contribution < 1.29 is 18.1 Å². The molecule has 0 unspecified atom stereocenters. The molecule has 2 heterocycles. The molecule has 2 aromatic heterocycles. The Morgan fingerprint density at radius 3 is 2.48 bits per heavy atom. The molecule has 0 saturated carbocycles. The van der Waals surface area contributed by atoms with E-state index in [-0.39, 0.29) is 17.8 Å². The molecule has 0 aliphatic heterocycles. The molecule has 2 N–H and O–H groups in total. The van der Waals surface area contributed by atoms with E-state index in [4.69, 9.17) is 10.3 Å². The highest BCUT2D eigenvalue weighted by molar-refractivity contribution is 5.95. The van der Waals surface area contributed by atoms with E-state index in [1.165, 1.54) is 11.6 Å². The summed E-state index contributed by atoms with van der Waals surface area (Å²) in [6, 6.07) is 9.44. The number of carbonyl (C=O) groups excluding carboxylic acids is 1. The average Bonchev–Trinajstić information content (AvgIpc) is 3.20. The first-order chi connectivity index (χ1) is 12.8. The van der Waals surface area contributed by atoms with E-state index >= 15 is 0 Å². The van der Waals surface area contributed by atoms with Gasteiger partial charge in [-0.25, -0.2) is 8.78 Å². The standard InChI is InChI=1S/C18H19F2N5O2/c1-10-15(18(21)26)16(17(19)20)22-25(10)9-13-8-14(23-27-13)11-4-6-12(7-5-11)24(2)3/h4-8,17H,9H2,1-3H3,(H2,21,26). The molecule has 0 fully saturated rings. The molecule has 0 atom stereocenters. The summed E-state index contributed by atoms with van der Waals surface area (Å²) in [5, 5.41) is 7.83. The number of alkyl halides is 2. The van der Waals surface area contributed by atoms with Gasteiger partial charge in [-0.15, -0.1) is 0 Å². The average molecular weight is 375 g/mol. The number of aromatic nitrogens is 3. The highest BCUT2D eigenvalue weighted by atomic mass is 19.3. The maximum atomic E-state index is 13.1. The number of nitrogens with zero attached hydrogens (tertiary/aromatic N) is 4. The molecule has 0 aliphatic carbocycles. The summed E-state index contributed by atoms with van der Waals surface area (Å²) in [5.74, 6) is -0.516. The van der Waals surface area contributed by atoms with E-state index in [0.717, 1.165) is 11.3 Å². The third-order valence-electron chi connectivity index (χ3n) is 4.23. The first-order valence-corrected chi connectivity index (χ1v) is 8.16. The van der Waals surface area contributed by atoms with E-state index < -0.39 is 18.0 Å². The van der Waals surface area contributed by atoms with Gasteiger partial charge in [0, 0.05) is 37.1 Å². The smallest absolute Gasteiger partial charge is 0.282 e. The van der Waals surface area contributed by atoms with E-state index in [0.29, 0.717) is 11.5 Å². The van der Waals surface area contributed by atoms with Crippen LogP contribution in [0.15, 0.2) is 34.9 Å². The predicted octanol–water partition coefficient (Wildman–Crippen LogP) is 3.00. The van der Waals surface area contributed by atoms with Gasteiger partial charge in [-0.3, -0.25) is 9.48 Å². The largest absolute Gasteiger partial charge is 0.378 e. The Hall–Kier alpha value is -3.23. The normalized spacial score (nSPS) is 11.2. The van der Waals surface area contributed by atoms with Gasteiger partial charge in [0.15, 0.2) is 5.76 Å². The number of carbonyl (C=O) groups is 1. The van der Waals surface area contributed by atoms with Gasteiger partial charge >= 0.3 is 0 Å². The van der Waals surface area contributed by atoms with Crippen molar-refractivity contribution in [1.82, 2.24) is 14.9 Å². The van der Waals surface area contributed by atoms with Gasteiger partial charge in [0.2, 0.25) is 0 Å². The van der Waals surface area contributed by atoms with Crippen molar-refractivity contribution in [2.24, 2.45) is 5.73 Å². The van der Waals surface area contributed by atoms with Gasteiger partial charge < -0.3 is 15.2 Å². The zero-order chi connectivity index (χ0) is 19.7. The van der Waals surface area contributed by atoms with Crippen LogP contribution < -0.4 is 10.6 Å². The minimum absolute atomic E-state index is 0.0572. The summed E-state index contributed by atoms with van der Waals surface area (Å²) < 4.78 is 32.8. The minimum atomic E-state index is -2.90. The van der Waals surface area contributed by atoms with Crippen molar-refractivity contribution in [3.8, 4) is 11.3 Å². The second-order valence-corrected chi connectivity index (χ2v) is 6.29. The molecule has 0 radical (unpaired) electrons. The van der Waals surface area contributed by atoms with Gasteiger partial charge in [-0.2, -0.15) is 5.10 Å². The van der Waals surface area contributed by atoms with E-state index in [1.54, 1.807) is 6.07 Å². The lowest BCUT2D eigenvalue weighted by Gasteiger charge is -2.11. The van der Waals surface area contributed by atoms with Crippen molar-refractivity contribution in [1.29, 1.82) is 0 Å². The molecule has 3 aromatic rings. The van der Waals surface area contributed by atoms with Crippen LogP contribution >= 0.6 is 0 Å². The highest BCUT2D eigenvalue weighted by Gasteiger charge is 2.25. The first kappa shape index (κ1) is 18.6. The zero-order valence-electron chi connectivity index (χ0n) is 15.1. The molecular formula is C18H19F2N5O2. The molecule has 9 heteroatoms. The highest BCUT2D eigenvalue weighted by Crippen LogP contribution is 2.26. The Balaban J connectivity index is 1.86. The predicted molar refractivity (Wildman–Crippen MR) is 95.8 cm³/mol. The summed E-state index contributed by atoms with van der Waals surface area (Å²) in [5.41, 5.74) is 7.10. The number of rotatable bonds is 6. The second-order valence-electron chi connectivity index (χ2n) is 6.29. The zero-order valence-corrected chi connectivity index (χ0v) is 15.1. The molecule has 0 aliphatic rings. The summed E-state index contributed by atoms with van der Waals surface area (Å²) in [6.07, 6.45) is -2.90. The lowest BCUT2D eigenvalue weighted by molar-refractivity contribution is 0.0984. The number of hydrogen-bond donors (Lipinski definition) is 1. The number of anilines is 1. The number of benzene rings is 1. The molecule has 3 rings (SSSR count). The van der Waals surface area contributed by atoms with Crippen molar-refractivity contribution in [3.05, 3.63) is 53.0 Å². The number of hydrogen-bond acceptors (Lipinski definition) is 5. The van der Waals surface area contributed by atoms with Gasteiger partial charge in [0.1, 0.15) is 17.9 Å².